The van der Waals surface area contributed by atoms with Crippen molar-refractivity contribution in [3.8, 4) is 5.75 Å². The van der Waals surface area contributed by atoms with Crippen molar-refractivity contribution >= 4 is 22.5 Å². The van der Waals surface area contributed by atoms with E-state index in [0.717, 1.165) is 16.6 Å². The Morgan fingerprint density at radius 3 is 2.58 bits per heavy atom. The first kappa shape index (κ1) is 12.0. The summed E-state index contributed by atoms with van der Waals surface area (Å²) in [6.07, 6.45) is 0. The summed E-state index contributed by atoms with van der Waals surface area (Å²) in [4.78, 5) is 4.55. The van der Waals surface area contributed by atoms with Crippen LogP contribution in [-0.4, -0.2) is 4.98 Å². The van der Waals surface area contributed by atoms with E-state index in [1.165, 1.54) is 0 Å². The van der Waals surface area contributed by atoms with Gasteiger partial charge in [0.05, 0.1) is 16.2 Å². The number of hydrogen-bond donors (Lipinski definition) is 0. The maximum absolute atomic E-state index is 6.04. The van der Waals surface area contributed by atoms with Gasteiger partial charge in [-0.25, -0.2) is 4.98 Å². The predicted octanol–water partition coefficient (Wildman–Crippen LogP) is 4.47. The summed E-state index contributed by atoms with van der Waals surface area (Å²) in [5, 5.41) is 1.74. The van der Waals surface area contributed by atoms with Gasteiger partial charge in [0.1, 0.15) is 12.4 Å². The molecule has 0 N–H and O–H groups in total. The van der Waals surface area contributed by atoms with Crippen molar-refractivity contribution in [3.05, 3.63) is 71.4 Å². The molecular weight excluding hydrogens is 258 g/mol. The topological polar surface area (TPSA) is 22.1 Å². The van der Waals surface area contributed by atoms with E-state index in [0.29, 0.717) is 17.4 Å². The zero-order chi connectivity index (χ0) is 13.1. The van der Waals surface area contributed by atoms with Crippen molar-refractivity contribution in [2.24, 2.45) is 0 Å². The molecule has 0 saturated heterocycles. The first-order valence-corrected chi connectivity index (χ1v) is 6.43. The van der Waals surface area contributed by atoms with E-state index in [-0.39, 0.29) is 0 Å². The third-order valence-corrected chi connectivity index (χ3v) is 3.18. The second-order valence-corrected chi connectivity index (χ2v) is 4.62. The fourth-order valence-electron chi connectivity index (χ4n) is 1.90. The quantitative estimate of drug-likeness (QED) is 0.700. The molecular formula is C16H12ClNO. The van der Waals surface area contributed by atoms with Gasteiger partial charge in [-0.3, -0.25) is 0 Å². The van der Waals surface area contributed by atoms with Crippen LogP contribution in [0.2, 0.25) is 5.02 Å². The standard InChI is InChI=1S/C16H12ClNO/c17-14-6-2-4-8-16(14)19-11-13-10-9-12-5-1-3-7-15(12)18-13/h1-10H,11H2. The Labute approximate surface area is 116 Å². The maximum atomic E-state index is 6.04. The number of benzene rings is 2. The minimum atomic E-state index is 0.411. The first-order valence-electron chi connectivity index (χ1n) is 6.05. The van der Waals surface area contributed by atoms with Crippen LogP contribution in [0.3, 0.4) is 0 Å². The van der Waals surface area contributed by atoms with E-state index in [2.05, 4.69) is 4.98 Å². The van der Waals surface area contributed by atoms with Crippen LogP contribution in [0.4, 0.5) is 0 Å². The molecule has 0 fully saturated rings. The van der Waals surface area contributed by atoms with Crippen molar-refractivity contribution in [1.82, 2.24) is 4.98 Å². The van der Waals surface area contributed by atoms with Crippen LogP contribution in [0.5, 0.6) is 5.75 Å². The smallest absolute Gasteiger partial charge is 0.138 e. The molecule has 0 aliphatic heterocycles. The van der Waals surface area contributed by atoms with Crippen LogP contribution in [0.15, 0.2) is 60.7 Å². The van der Waals surface area contributed by atoms with Crippen LogP contribution < -0.4 is 4.74 Å². The molecule has 0 unspecified atom stereocenters. The molecule has 0 aliphatic carbocycles. The summed E-state index contributed by atoms with van der Waals surface area (Å²) < 4.78 is 5.68. The molecule has 3 heteroatoms. The molecule has 0 aliphatic rings. The van der Waals surface area contributed by atoms with Gasteiger partial charge in [0.15, 0.2) is 0 Å². The van der Waals surface area contributed by atoms with E-state index < -0.39 is 0 Å². The number of para-hydroxylation sites is 2. The van der Waals surface area contributed by atoms with Crippen LogP contribution in [-0.2, 0) is 6.61 Å². The number of pyridine rings is 1. The van der Waals surface area contributed by atoms with Gasteiger partial charge in [0, 0.05) is 5.39 Å². The molecule has 19 heavy (non-hydrogen) atoms. The van der Waals surface area contributed by atoms with E-state index in [1.54, 1.807) is 0 Å². The van der Waals surface area contributed by atoms with Gasteiger partial charge in [0.2, 0.25) is 0 Å². The van der Waals surface area contributed by atoms with Crippen molar-refractivity contribution in [1.29, 1.82) is 0 Å². The molecule has 0 amide bonds. The van der Waals surface area contributed by atoms with Gasteiger partial charge >= 0.3 is 0 Å². The Kier molecular flexibility index (Phi) is 3.34. The minimum absolute atomic E-state index is 0.411. The minimum Gasteiger partial charge on any atom is -0.486 e. The summed E-state index contributed by atoms with van der Waals surface area (Å²) in [7, 11) is 0. The van der Waals surface area contributed by atoms with Gasteiger partial charge in [-0.15, -0.1) is 0 Å². The molecule has 1 heterocycles. The van der Waals surface area contributed by atoms with E-state index >= 15 is 0 Å². The molecule has 2 nitrogen and oxygen atoms in total. The fourth-order valence-corrected chi connectivity index (χ4v) is 2.09. The zero-order valence-corrected chi connectivity index (χ0v) is 11.0. The Bertz CT molecular complexity index is 712. The summed E-state index contributed by atoms with van der Waals surface area (Å²) >= 11 is 6.04. The lowest BCUT2D eigenvalue weighted by Gasteiger charge is -2.07. The van der Waals surface area contributed by atoms with Crippen LogP contribution in [0.1, 0.15) is 5.69 Å². The summed E-state index contributed by atoms with van der Waals surface area (Å²) in [5.41, 5.74) is 1.86. The van der Waals surface area contributed by atoms with Gasteiger partial charge in [0.25, 0.3) is 0 Å². The Hall–Kier alpha value is -2.06. The lowest BCUT2D eigenvalue weighted by atomic mass is 10.2. The second kappa shape index (κ2) is 5.29. The maximum Gasteiger partial charge on any atom is 0.138 e. The molecule has 0 saturated carbocycles. The van der Waals surface area contributed by atoms with Crippen molar-refractivity contribution in [2.75, 3.05) is 0 Å². The summed E-state index contributed by atoms with van der Waals surface area (Å²) in [5.74, 6) is 0.680. The second-order valence-electron chi connectivity index (χ2n) is 4.21. The number of aromatic nitrogens is 1. The zero-order valence-electron chi connectivity index (χ0n) is 10.2. The molecule has 2 aromatic carbocycles. The molecule has 1 aromatic heterocycles. The largest absolute Gasteiger partial charge is 0.486 e. The number of rotatable bonds is 3. The molecule has 0 radical (unpaired) electrons. The molecule has 0 spiro atoms. The monoisotopic (exact) mass is 269 g/mol. The molecule has 94 valence electrons. The van der Waals surface area contributed by atoms with Gasteiger partial charge in [-0.05, 0) is 24.3 Å². The van der Waals surface area contributed by atoms with Crippen molar-refractivity contribution in [3.63, 3.8) is 0 Å². The molecule has 0 atom stereocenters. The number of nitrogens with zero attached hydrogens (tertiary/aromatic N) is 1. The molecule has 0 bridgehead atoms. The van der Waals surface area contributed by atoms with E-state index in [9.17, 15) is 0 Å². The highest BCUT2D eigenvalue weighted by Gasteiger charge is 2.02. The number of hydrogen-bond acceptors (Lipinski definition) is 2. The van der Waals surface area contributed by atoms with Gasteiger partial charge < -0.3 is 4.74 Å². The lowest BCUT2D eigenvalue weighted by molar-refractivity contribution is 0.302. The summed E-state index contributed by atoms with van der Waals surface area (Å²) in [6, 6.07) is 19.5. The third kappa shape index (κ3) is 2.69. The number of ether oxygens (including phenoxy) is 1. The Balaban J connectivity index is 1.80. The Morgan fingerprint density at radius 1 is 0.895 bits per heavy atom. The van der Waals surface area contributed by atoms with Crippen molar-refractivity contribution in [2.45, 2.75) is 6.61 Å². The average molecular weight is 270 g/mol. The van der Waals surface area contributed by atoms with E-state index in [1.807, 2.05) is 60.7 Å². The van der Waals surface area contributed by atoms with Crippen molar-refractivity contribution < 1.29 is 4.74 Å². The average Bonchev–Trinajstić information content (AvgIpc) is 2.46. The third-order valence-electron chi connectivity index (χ3n) is 2.87. The predicted molar refractivity (Wildman–Crippen MR) is 77.5 cm³/mol. The lowest BCUT2D eigenvalue weighted by Crippen LogP contribution is -1.98. The highest BCUT2D eigenvalue weighted by atomic mass is 35.5. The number of halogens is 1. The van der Waals surface area contributed by atoms with Gasteiger partial charge in [-0.2, -0.15) is 0 Å². The Morgan fingerprint density at radius 2 is 1.68 bits per heavy atom. The molecule has 3 rings (SSSR count). The summed E-state index contributed by atoms with van der Waals surface area (Å²) in [6.45, 7) is 0.411. The highest BCUT2D eigenvalue weighted by molar-refractivity contribution is 6.32. The molecule has 3 aromatic rings. The van der Waals surface area contributed by atoms with Gasteiger partial charge in [-0.1, -0.05) is 48.0 Å². The van der Waals surface area contributed by atoms with Crippen LogP contribution in [0.25, 0.3) is 10.9 Å². The normalized spacial score (nSPS) is 10.6. The first-order chi connectivity index (χ1) is 9.33. The highest BCUT2D eigenvalue weighted by Crippen LogP contribution is 2.24. The van der Waals surface area contributed by atoms with Crippen LogP contribution >= 0.6 is 11.6 Å². The fraction of sp³-hybridized carbons (Fsp3) is 0.0625. The van der Waals surface area contributed by atoms with E-state index in [4.69, 9.17) is 16.3 Å². The SMILES string of the molecule is Clc1ccccc1OCc1ccc2ccccc2n1. The van der Waals surface area contributed by atoms with Crippen LogP contribution in [0, 0.1) is 0 Å². The number of fused-ring (bicyclic) bond motifs is 1.